The van der Waals surface area contributed by atoms with Crippen LogP contribution in [0.5, 0.6) is 0 Å². The van der Waals surface area contributed by atoms with Crippen LogP contribution in [0.1, 0.15) is 16.5 Å². The number of halogens is 4. The van der Waals surface area contributed by atoms with E-state index in [0.717, 1.165) is 6.07 Å². The fourth-order valence-electron chi connectivity index (χ4n) is 2.40. The maximum atomic E-state index is 13.3. The molecule has 3 rings (SSSR count). The average Bonchev–Trinajstić information content (AvgIpc) is 2.89. The van der Waals surface area contributed by atoms with Crippen LogP contribution in [0, 0.1) is 0 Å². The number of carbonyl (C=O) groups is 1. The molecule has 0 radical (unpaired) electrons. The zero-order valence-electron chi connectivity index (χ0n) is 11.5. The van der Waals surface area contributed by atoms with Crippen LogP contribution in [0.3, 0.4) is 0 Å². The Balaban J connectivity index is 2.11. The van der Waals surface area contributed by atoms with Gasteiger partial charge in [0, 0.05) is 23.0 Å². The van der Waals surface area contributed by atoms with Crippen molar-refractivity contribution in [3.8, 4) is 0 Å². The van der Waals surface area contributed by atoms with E-state index in [2.05, 4.69) is 4.98 Å². The van der Waals surface area contributed by atoms with E-state index in [1.165, 1.54) is 28.8 Å². The molecule has 1 fully saturated rings. The minimum atomic E-state index is -4.60. The molecule has 0 spiro atoms. The van der Waals surface area contributed by atoms with Gasteiger partial charge >= 0.3 is 6.18 Å². The van der Waals surface area contributed by atoms with E-state index in [0.29, 0.717) is 5.56 Å². The summed E-state index contributed by atoms with van der Waals surface area (Å²) in [5.74, 6) is -0.267. The minimum Gasteiger partial charge on any atom is -0.294 e. The van der Waals surface area contributed by atoms with Crippen LogP contribution in [0.4, 0.5) is 18.9 Å². The lowest BCUT2D eigenvalue weighted by atomic mass is 10.1. The summed E-state index contributed by atoms with van der Waals surface area (Å²) < 4.78 is 40.0. The monoisotopic (exact) mass is 358 g/mol. The summed E-state index contributed by atoms with van der Waals surface area (Å²) >= 11 is 6.97. The van der Waals surface area contributed by atoms with Crippen LogP contribution in [-0.4, -0.2) is 16.6 Å². The highest BCUT2D eigenvalue weighted by molar-refractivity contribution is 8.00. The Labute approximate surface area is 139 Å². The molecule has 8 heteroatoms. The van der Waals surface area contributed by atoms with Crippen LogP contribution in [0.25, 0.3) is 0 Å². The van der Waals surface area contributed by atoms with Crippen molar-refractivity contribution in [2.24, 2.45) is 0 Å². The molecule has 1 amide bonds. The number of nitrogens with zero attached hydrogens (tertiary/aromatic N) is 2. The van der Waals surface area contributed by atoms with E-state index in [1.807, 2.05) is 0 Å². The third kappa shape index (κ3) is 3.16. The summed E-state index contributed by atoms with van der Waals surface area (Å²) in [4.78, 5) is 17.3. The van der Waals surface area contributed by atoms with Gasteiger partial charge in [-0.05, 0) is 24.3 Å². The van der Waals surface area contributed by atoms with Gasteiger partial charge < -0.3 is 0 Å². The first-order valence-electron chi connectivity index (χ1n) is 6.58. The molecule has 3 nitrogen and oxygen atoms in total. The number of pyridine rings is 1. The Morgan fingerprint density at radius 1 is 1.30 bits per heavy atom. The number of rotatable bonds is 2. The van der Waals surface area contributed by atoms with Gasteiger partial charge in [0.25, 0.3) is 0 Å². The van der Waals surface area contributed by atoms with Crippen molar-refractivity contribution >= 4 is 35.0 Å². The van der Waals surface area contributed by atoms with Crippen LogP contribution in [0.2, 0.25) is 5.02 Å². The Bertz CT molecular complexity index is 739. The largest absolute Gasteiger partial charge is 0.418 e. The number of thioether (sulfide) groups is 1. The Hall–Kier alpha value is -1.73. The molecule has 2 heterocycles. The lowest BCUT2D eigenvalue weighted by Gasteiger charge is -2.27. The number of anilines is 1. The predicted molar refractivity (Wildman–Crippen MR) is 83.4 cm³/mol. The smallest absolute Gasteiger partial charge is 0.294 e. The molecule has 0 bridgehead atoms. The molecule has 1 aliphatic heterocycles. The third-order valence-electron chi connectivity index (χ3n) is 3.36. The van der Waals surface area contributed by atoms with Crippen molar-refractivity contribution < 1.29 is 18.0 Å². The number of amides is 1. The molecule has 120 valence electrons. The molecule has 0 aliphatic carbocycles. The summed E-state index contributed by atoms with van der Waals surface area (Å²) in [7, 11) is 0. The zero-order valence-corrected chi connectivity index (χ0v) is 13.1. The standard InChI is InChI=1S/C15H10ClF3N2OS/c16-10-3-4-12(11(6-10)15(17,18)19)21-13(22)8-23-14(21)9-2-1-5-20-7-9/h1-7,14H,8H2/t14-/m0/s1. The topological polar surface area (TPSA) is 33.2 Å². The number of alkyl halides is 3. The lowest BCUT2D eigenvalue weighted by Crippen LogP contribution is -2.30. The molecule has 0 saturated carbocycles. The number of benzene rings is 1. The van der Waals surface area contributed by atoms with Gasteiger partial charge in [-0.1, -0.05) is 17.7 Å². The second-order valence-electron chi connectivity index (χ2n) is 4.87. The van der Waals surface area contributed by atoms with Gasteiger partial charge in [-0.3, -0.25) is 14.7 Å². The first-order valence-corrected chi connectivity index (χ1v) is 8.01. The maximum Gasteiger partial charge on any atom is 0.418 e. The Morgan fingerprint density at radius 3 is 2.74 bits per heavy atom. The summed E-state index contributed by atoms with van der Waals surface area (Å²) in [6.45, 7) is 0. The van der Waals surface area contributed by atoms with Crippen molar-refractivity contribution in [1.29, 1.82) is 0 Å². The Kier molecular flexibility index (Phi) is 4.25. The number of hydrogen-bond acceptors (Lipinski definition) is 3. The van der Waals surface area contributed by atoms with E-state index < -0.39 is 17.1 Å². The van der Waals surface area contributed by atoms with Crippen molar-refractivity contribution in [3.63, 3.8) is 0 Å². The average molecular weight is 359 g/mol. The number of aromatic nitrogens is 1. The molecule has 2 aromatic rings. The van der Waals surface area contributed by atoms with Crippen LogP contribution in [0.15, 0.2) is 42.7 Å². The molecular weight excluding hydrogens is 349 g/mol. The molecule has 1 atom stereocenters. The van der Waals surface area contributed by atoms with E-state index >= 15 is 0 Å². The number of hydrogen-bond donors (Lipinski definition) is 0. The maximum absolute atomic E-state index is 13.3. The highest BCUT2D eigenvalue weighted by Crippen LogP contribution is 2.46. The van der Waals surface area contributed by atoms with Crippen LogP contribution >= 0.6 is 23.4 Å². The van der Waals surface area contributed by atoms with Crippen LogP contribution in [-0.2, 0) is 11.0 Å². The molecule has 0 unspecified atom stereocenters. The summed E-state index contributed by atoms with van der Waals surface area (Å²) in [5.41, 5.74) is -0.438. The molecule has 1 saturated heterocycles. The van der Waals surface area contributed by atoms with Crippen LogP contribution < -0.4 is 4.90 Å². The SMILES string of the molecule is O=C1CS[C@@H](c2cccnc2)N1c1ccc(Cl)cc1C(F)(F)F. The van der Waals surface area contributed by atoms with E-state index in [9.17, 15) is 18.0 Å². The summed E-state index contributed by atoms with van der Waals surface area (Å²) in [5, 5.41) is -0.572. The van der Waals surface area contributed by atoms with Gasteiger partial charge in [-0.15, -0.1) is 11.8 Å². The lowest BCUT2D eigenvalue weighted by molar-refractivity contribution is -0.137. The van der Waals surface area contributed by atoms with Crippen molar-refractivity contribution in [2.45, 2.75) is 11.6 Å². The highest BCUT2D eigenvalue weighted by Gasteiger charge is 2.41. The van der Waals surface area contributed by atoms with Gasteiger partial charge in [0.1, 0.15) is 5.37 Å². The highest BCUT2D eigenvalue weighted by atomic mass is 35.5. The first-order chi connectivity index (χ1) is 10.9. The normalized spacial score (nSPS) is 18.5. The van der Waals surface area contributed by atoms with Crippen molar-refractivity contribution in [2.75, 3.05) is 10.7 Å². The zero-order chi connectivity index (χ0) is 16.6. The van der Waals surface area contributed by atoms with Crippen molar-refractivity contribution in [1.82, 2.24) is 4.98 Å². The fourth-order valence-corrected chi connectivity index (χ4v) is 3.72. The predicted octanol–water partition coefficient (Wildman–Crippen LogP) is 4.53. The summed E-state index contributed by atoms with van der Waals surface area (Å²) in [6.07, 6.45) is -1.49. The van der Waals surface area contributed by atoms with Gasteiger partial charge in [0.15, 0.2) is 0 Å². The molecule has 1 aliphatic rings. The first kappa shape index (κ1) is 16.1. The Morgan fingerprint density at radius 2 is 2.09 bits per heavy atom. The van der Waals surface area contributed by atoms with Gasteiger partial charge in [0.2, 0.25) is 5.91 Å². The van der Waals surface area contributed by atoms with E-state index in [-0.39, 0.29) is 22.4 Å². The summed E-state index contributed by atoms with van der Waals surface area (Å²) in [6, 6.07) is 6.84. The van der Waals surface area contributed by atoms with E-state index in [1.54, 1.807) is 24.5 Å². The second-order valence-corrected chi connectivity index (χ2v) is 6.38. The number of carbonyl (C=O) groups excluding carboxylic acids is 1. The third-order valence-corrected chi connectivity index (χ3v) is 4.81. The fraction of sp³-hybridized carbons (Fsp3) is 0.200. The molecule has 1 aromatic carbocycles. The van der Waals surface area contributed by atoms with Crippen molar-refractivity contribution in [3.05, 3.63) is 58.9 Å². The molecular formula is C15H10ClF3N2OS. The molecule has 23 heavy (non-hydrogen) atoms. The van der Waals surface area contributed by atoms with Gasteiger partial charge in [-0.2, -0.15) is 13.2 Å². The second kappa shape index (κ2) is 6.05. The minimum absolute atomic E-state index is 0.0294. The quantitative estimate of drug-likeness (QED) is 0.790. The van der Waals surface area contributed by atoms with Gasteiger partial charge in [0.05, 0.1) is 17.0 Å². The van der Waals surface area contributed by atoms with Gasteiger partial charge in [-0.25, -0.2) is 0 Å². The molecule has 0 N–H and O–H groups in total. The molecule has 1 aromatic heterocycles. The van der Waals surface area contributed by atoms with E-state index in [4.69, 9.17) is 11.6 Å².